The molecule has 0 spiro atoms. The largest absolute Gasteiger partial charge is 0.398 e. The summed E-state index contributed by atoms with van der Waals surface area (Å²) in [7, 11) is 0. The first kappa shape index (κ1) is 10.1. The normalized spacial score (nSPS) is 12.5. The molecule has 0 fully saturated rings. The molecule has 0 aromatic heterocycles. The molecule has 0 saturated heterocycles. The highest BCUT2D eigenvalue weighted by Crippen LogP contribution is 2.25. The van der Waals surface area contributed by atoms with Gasteiger partial charge in [0.25, 0.3) is 0 Å². The van der Waals surface area contributed by atoms with Gasteiger partial charge in [0.15, 0.2) is 0 Å². The van der Waals surface area contributed by atoms with E-state index in [4.69, 9.17) is 17.3 Å². The molecule has 0 aliphatic carbocycles. The lowest BCUT2D eigenvalue weighted by Gasteiger charge is -2.11. The Morgan fingerprint density at radius 3 is 2.85 bits per heavy atom. The minimum absolute atomic E-state index is 0.492. The Bertz CT molecular complexity index is 312. The zero-order chi connectivity index (χ0) is 9.84. The van der Waals surface area contributed by atoms with E-state index in [9.17, 15) is 5.11 Å². The fraction of sp³-hybridized carbons (Fsp3) is 0.200. The number of nitrogens with two attached hydrogens (primary N) is 1. The van der Waals surface area contributed by atoms with Gasteiger partial charge < -0.3 is 10.8 Å². The lowest BCUT2D eigenvalue weighted by Crippen LogP contribution is -2.00. The molecule has 0 bridgehead atoms. The molecular weight excluding hydrogens is 186 g/mol. The SMILES string of the molecule is C=CCC(O)c1ccc(Cl)cc1N. The maximum atomic E-state index is 9.60. The van der Waals surface area contributed by atoms with Gasteiger partial charge in [-0.15, -0.1) is 6.58 Å². The van der Waals surface area contributed by atoms with E-state index in [0.29, 0.717) is 22.7 Å². The van der Waals surface area contributed by atoms with Crippen LogP contribution in [0.3, 0.4) is 0 Å². The lowest BCUT2D eigenvalue weighted by molar-refractivity contribution is 0.182. The third kappa shape index (κ3) is 2.47. The average Bonchev–Trinajstić information content (AvgIpc) is 2.04. The molecule has 70 valence electrons. The van der Waals surface area contributed by atoms with Crippen LogP contribution in [-0.2, 0) is 0 Å². The fourth-order valence-electron chi connectivity index (χ4n) is 1.13. The van der Waals surface area contributed by atoms with E-state index in [-0.39, 0.29) is 0 Å². The van der Waals surface area contributed by atoms with Gasteiger partial charge >= 0.3 is 0 Å². The van der Waals surface area contributed by atoms with E-state index in [1.54, 1.807) is 24.3 Å². The second-order valence-corrected chi connectivity index (χ2v) is 3.25. The maximum Gasteiger partial charge on any atom is 0.0844 e. The standard InChI is InChI=1S/C10H12ClNO/c1-2-3-10(13)8-5-4-7(11)6-9(8)12/h2,4-6,10,13H,1,3,12H2. The number of anilines is 1. The molecule has 0 saturated carbocycles. The molecule has 13 heavy (non-hydrogen) atoms. The van der Waals surface area contributed by atoms with E-state index < -0.39 is 6.10 Å². The zero-order valence-electron chi connectivity index (χ0n) is 7.20. The smallest absolute Gasteiger partial charge is 0.0844 e. The third-order valence-corrected chi connectivity index (χ3v) is 2.03. The van der Waals surface area contributed by atoms with Crippen molar-refractivity contribution in [3.63, 3.8) is 0 Å². The molecule has 1 rings (SSSR count). The van der Waals surface area contributed by atoms with E-state index in [0.717, 1.165) is 0 Å². The second kappa shape index (κ2) is 4.30. The lowest BCUT2D eigenvalue weighted by atomic mass is 10.0. The van der Waals surface area contributed by atoms with Crippen molar-refractivity contribution < 1.29 is 5.11 Å². The number of rotatable bonds is 3. The number of benzene rings is 1. The predicted octanol–water partition coefficient (Wildman–Crippen LogP) is 2.53. The molecule has 1 unspecified atom stereocenters. The van der Waals surface area contributed by atoms with Crippen molar-refractivity contribution in [1.82, 2.24) is 0 Å². The van der Waals surface area contributed by atoms with Crippen molar-refractivity contribution in [2.45, 2.75) is 12.5 Å². The van der Waals surface area contributed by atoms with Crippen molar-refractivity contribution in [2.24, 2.45) is 0 Å². The van der Waals surface area contributed by atoms with Gasteiger partial charge in [0.1, 0.15) is 0 Å². The summed E-state index contributed by atoms with van der Waals surface area (Å²) in [6, 6.07) is 5.06. The van der Waals surface area contributed by atoms with E-state index in [1.165, 1.54) is 0 Å². The molecular formula is C10H12ClNO. The minimum Gasteiger partial charge on any atom is -0.398 e. The van der Waals surface area contributed by atoms with Crippen LogP contribution >= 0.6 is 11.6 Å². The average molecular weight is 198 g/mol. The molecule has 0 aliphatic rings. The highest BCUT2D eigenvalue weighted by Gasteiger charge is 2.08. The Labute approximate surface area is 82.6 Å². The molecule has 3 heteroatoms. The summed E-state index contributed by atoms with van der Waals surface area (Å²) < 4.78 is 0. The van der Waals surface area contributed by atoms with Crippen molar-refractivity contribution in [1.29, 1.82) is 0 Å². The number of aliphatic hydroxyl groups is 1. The Balaban J connectivity index is 2.94. The molecule has 1 aromatic carbocycles. The van der Waals surface area contributed by atoms with Gasteiger partial charge in [-0.1, -0.05) is 23.7 Å². The number of halogens is 1. The van der Waals surface area contributed by atoms with Crippen LogP contribution in [0.15, 0.2) is 30.9 Å². The van der Waals surface area contributed by atoms with Crippen LogP contribution in [0.5, 0.6) is 0 Å². The van der Waals surface area contributed by atoms with E-state index >= 15 is 0 Å². The number of hydrogen-bond acceptors (Lipinski definition) is 2. The van der Waals surface area contributed by atoms with Gasteiger partial charge in [-0.25, -0.2) is 0 Å². The van der Waals surface area contributed by atoms with Crippen LogP contribution in [0.1, 0.15) is 18.1 Å². The van der Waals surface area contributed by atoms with Gasteiger partial charge in [-0.2, -0.15) is 0 Å². The Morgan fingerprint density at radius 1 is 1.62 bits per heavy atom. The van der Waals surface area contributed by atoms with Crippen LogP contribution in [0.4, 0.5) is 5.69 Å². The Morgan fingerprint density at radius 2 is 2.31 bits per heavy atom. The number of aliphatic hydroxyl groups excluding tert-OH is 1. The van der Waals surface area contributed by atoms with Crippen molar-refractivity contribution in [3.8, 4) is 0 Å². The third-order valence-electron chi connectivity index (χ3n) is 1.80. The minimum atomic E-state index is -0.588. The molecule has 0 radical (unpaired) electrons. The quantitative estimate of drug-likeness (QED) is 0.578. The highest BCUT2D eigenvalue weighted by molar-refractivity contribution is 6.30. The Kier molecular flexibility index (Phi) is 3.34. The first-order chi connectivity index (χ1) is 6.15. The van der Waals surface area contributed by atoms with Crippen molar-refractivity contribution >= 4 is 17.3 Å². The molecule has 2 nitrogen and oxygen atoms in total. The molecule has 0 amide bonds. The van der Waals surface area contributed by atoms with E-state index in [1.807, 2.05) is 0 Å². The molecule has 1 atom stereocenters. The summed E-state index contributed by atoms with van der Waals surface area (Å²) in [6.07, 6.45) is 1.56. The Hall–Kier alpha value is -0.990. The summed E-state index contributed by atoms with van der Waals surface area (Å²) in [5, 5.41) is 10.2. The van der Waals surface area contributed by atoms with Crippen LogP contribution in [0.2, 0.25) is 5.02 Å². The second-order valence-electron chi connectivity index (χ2n) is 2.81. The number of hydrogen-bond donors (Lipinski definition) is 2. The summed E-state index contributed by atoms with van der Waals surface area (Å²) in [5.74, 6) is 0. The van der Waals surface area contributed by atoms with E-state index in [2.05, 4.69) is 6.58 Å². The van der Waals surface area contributed by atoms with Gasteiger partial charge in [0.2, 0.25) is 0 Å². The van der Waals surface area contributed by atoms with Crippen LogP contribution in [0.25, 0.3) is 0 Å². The van der Waals surface area contributed by atoms with Gasteiger partial charge in [0.05, 0.1) is 6.10 Å². The molecule has 0 aliphatic heterocycles. The molecule has 3 N–H and O–H groups in total. The summed E-state index contributed by atoms with van der Waals surface area (Å²) in [5.41, 5.74) is 6.89. The fourth-order valence-corrected chi connectivity index (χ4v) is 1.31. The highest BCUT2D eigenvalue weighted by atomic mass is 35.5. The first-order valence-corrected chi connectivity index (χ1v) is 4.37. The first-order valence-electron chi connectivity index (χ1n) is 3.99. The monoisotopic (exact) mass is 197 g/mol. The van der Waals surface area contributed by atoms with Crippen LogP contribution < -0.4 is 5.73 Å². The predicted molar refractivity (Wildman–Crippen MR) is 55.6 cm³/mol. The topological polar surface area (TPSA) is 46.2 Å². The summed E-state index contributed by atoms with van der Waals surface area (Å²) in [6.45, 7) is 3.55. The van der Waals surface area contributed by atoms with Gasteiger partial charge in [-0.3, -0.25) is 0 Å². The van der Waals surface area contributed by atoms with Gasteiger partial charge in [0, 0.05) is 16.3 Å². The van der Waals surface area contributed by atoms with Crippen LogP contribution in [-0.4, -0.2) is 5.11 Å². The zero-order valence-corrected chi connectivity index (χ0v) is 7.96. The maximum absolute atomic E-state index is 9.60. The summed E-state index contributed by atoms with van der Waals surface area (Å²) in [4.78, 5) is 0. The molecule has 0 heterocycles. The van der Waals surface area contributed by atoms with Crippen LogP contribution in [0, 0.1) is 0 Å². The molecule has 1 aromatic rings. The van der Waals surface area contributed by atoms with Gasteiger partial charge in [-0.05, 0) is 18.6 Å². The summed E-state index contributed by atoms with van der Waals surface area (Å²) >= 11 is 5.72. The van der Waals surface area contributed by atoms with Crippen molar-refractivity contribution in [3.05, 3.63) is 41.4 Å². The number of nitrogen functional groups attached to an aromatic ring is 1. The van der Waals surface area contributed by atoms with Crippen molar-refractivity contribution in [2.75, 3.05) is 5.73 Å².